The van der Waals surface area contributed by atoms with Crippen molar-refractivity contribution in [3.63, 3.8) is 0 Å². The van der Waals surface area contributed by atoms with Crippen LogP contribution in [-0.4, -0.2) is 24.1 Å². The van der Waals surface area contributed by atoms with Crippen LogP contribution < -0.4 is 4.74 Å². The number of nitrogens with zero attached hydrogens (tertiary/aromatic N) is 1. The van der Waals surface area contributed by atoms with E-state index < -0.39 is 10.7 Å². The van der Waals surface area contributed by atoms with E-state index in [0.717, 1.165) is 12.1 Å². The Balaban J connectivity index is 3.55. The van der Waals surface area contributed by atoms with Gasteiger partial charge in [-0.15, -0.1) is 0 Å². The summed E-state index contributed by atoms with van der Waals surface area (Å²) in [5.41, 5.74) is -0.269. The van der Waals surface area contributed by atoms with Gasteiger partial charge in [0.05, 0.1) is 23.7 Å². The number of carbonyl (C=O) groups excluding carboxylic acids is 2. The molecule has 0 aromatic heterocycles. The van der Waals surface area contributed by atoms with E-state index in [1.54, 1.807) is 0 Å². The Bertz CT molecular complexity index is 467. The normalized spacial score (nSPS) is 9.62. The number of non-ortho nitro benzene ring substituents is 1. The third-order valence-corrected chi connectivity index (χ3v) is 2.05. The number of methoxy groups -OCH3 is 1. The molecule has 0 heterocycles. The maximum atomic E-state index is 11.2. The molecule has 0 aliphatic heterocycles. The Kier molecular flexibility index (Phi) is 3.34. The molecule has 0 spiro atoms. The minimum atomic E-state index is -0.649. The molecule has 0 saturated carbocycles. The van der Waals surface area contributed by atoms with Crippen molar-refractivity contribution in [2.24, 2.45) is 0 Å². The summed E-state index contributed by atoms with van der Waals surface area (Å²) in [4.78, 5) is 32.0. The molecule has 0 bridgehead atoms. The number of nitro benzene ring substituents is 1. The highest BCUT2D eigenvalue weighted by Crippen LogP contribution is 2.27. The molecule has 0 saturated heterocycles. The van der Waals surface area contributed by atoms with Crippen LogP contribution in [0.1, 0.15) is 27.6 Å². The SMILES string of the molecule is COc1cc([N+](=O)[O-])cc(C(C)=O)c1C=O. The van der Waals surface area contributed by atoms with Crippen molar-refractivity contribution in [2.75, 3.05) is 7.11 Å². The lowest BCUT2D eigenvalue weighted by Gasteiger charge is -2.06. The molecular weight excluding hydrogens is 214 g/mol. The maximum Gasteiger partial charge on any atom is 0.273 e. The molecule has 0 fully saturated rings. The van der Waals surface area contributed by atoms with Crippen LogP contribution in [0.25, 0.3) is 0 Å². The lowest BCUT2D eigenvalue weighted by atomic mass is 10.0. The second-order valence-corrected chi connectivity index (χ2v) is 3.04. The standard InChI is InChI=1S/C10H9NO5/c1-6(13)8-3-7(11(14)15)4-10(16-2)9(8)5-12/h3-5H,1-2H3. The van der Waals surface area contributed by atoms with Crippen LogP contribution in [0.15, 0.2) is 12.1 Å². The first-order valence-corrected chi connectivity index (χ1v) is 4.33. The van der Waals surface area contributed by atoms with Gasteiger partial charge in [-0.25, -0.2) is 0 Å². The average Bonchev–Trinajstić information content (AvgIpc) is 2.26. The number of hydrogen-bond acceptors (Lipinski definition) is 5. The monoisotopic (exact) mass is 223 g/mol. The number of aldehydes is 1. The summed E-state index contributed by atoms with van der Waals surface area (Å²) in [6.07, 6.45) is 0.444. The number of rotatable bonds is 4. The van der Waals surface area contributed by atoms with E-state index in [-0.39, 0.29) is 22.6 Å². The number of ether oxygens (including phenoxy) is 1. The highest BCUT2D eigenvalue weighted by molar-refractivity contribution is 6.03. The van der Waals surface area contributed by atoms with E-state index in [1.807, 2.05) is 0 Å². The Labute approximate surface area is 91.0 Å². The van der Waals surface area contributed by atoms with Crippen molar-refractivity contribution >= 4 is 17.8 Å². The van der Waals surface area contributed by atoms with Gasteiger partial charge in [-0.05, 0) is 6.92 Å². The van der Waals surface area contributed by atoms with Crippen molar-refractivity contribution in [3.05, 3.63) is 33.4 Å². The zero-order chi connectivity index (χ0) is 12.3. The molecule has 1 rings (SSSR count). The van der Waals surface area contributed by atoms with Gasteiger partial charge in [-0.2, -0.15) is 0 Å². The first-order chi connectivity index (χ1) is 7.51. The van der Waals surface area contributed by atoms with Gasteiger partial charge in [0.15, 0.2) is 12.1 Å². The molecule has 0 unspecified atom stereocenters. The number of benzene rings is 1. The summed E-state index contributed by atoms with van der Waals surface area (Å²) in [7, 11) is 1.27. The fraction of sp³-hybridized carbons (Fsp3) is 0.200. The van der Waals surface area contributed by atoms with Gasteiger partial charge in [0, 0.05) is 11.6 Å². The summed E-state index contributed by atoms with van der Waals surface area (Å²) >= 11 is 0. The lowest BCUT2D eigenvalue weighted by Crippen LogP contribution is -2.03. The molecule has 1 aromatic carbocycles. The second-order valence-electron chi connectivity index (χ2n) is 3.04. The van der Waals surface area contributed by atoms with Crippen molar-refractivity contribution in [3.8, 4) is 5.75 Å². The largest absolute Gasteiger partial charge is 0.496 e. The first-order valence-electron chi connectivity index (χ1n) is 4.33. The van der Waals surface area contributed by atoms with Crippen molar-refractivity contribution in [2.45, 2.75) is 6.92 Å². The molecule has 0 atom stereocenters. The molecule has 0 aliphatic rings. The molecule has 0 radical (unpaired) electrons. The highest BCUT2D eigenvalue weighted by Gasteiger charge is 2.19. The number of nitro groups is 1. The average molecular weight is 223 g/mol. The molecule has 16 heavy (non-hydrogen) atoms. The number of ketones is 1. The van der Waals surface area contributed by atoms with Crippen LogP contribution in [-0.2, 0) is 0 Å². The van der Waals surface area contributed by atoms with Gasteiger partial charge >= 0.3 is 0 Å². The lowest BCUT2D eigenvalue weighted by molar-refractivity contribution is -0.385. The summed E-state index contributed by atoms with van der Waals surface area (Å²) in [6, 6.07) is 2.17. The van der Waals surface area contributed by atoms with Crippen LogP contribution in [0.3, 0.4) is 0 Å². The smallest absolute Gasteiger partial charge is 0.273 e. The van der Waals surface area contributed by atoms with E-state index in [2.05, 4.69) is 0 Å². The van der Waals surface area contributed by atoms with E-state index in [1.165, 1.54) is 14.0 Å². The number of hydrogen-bond donors (Lipinski definition) is 0. The molecular formula is C10H9NO5. The number of Topliss-reactive ketones (excluding diaryl/α,β-unsaturated/α-hetero) is 1. The fourth-order valence-electron chi connectivity index (χ4n) is 1.30. The molecule has 84 valence electrons. The van der Waals surface area contributed by atoms with Crippen LogP contribution in [0.5, 0.6) is 5.75 Å². The van der Waals surface area contributed by atoms with Crippen LogP contribution >= 0.6 is 0 Å². The predicted octanol–water partition coefficient (Wildman–Crippen LogP) is 1.62. The zero-order valence-electron chi connectivity index (χ0n) is 8.72. The highest BCUT2D eigenvalue weighted by atomic mass is 16.6. The van der Waals surface area contributed by atoms with Crippen molar-refractivity contribution < 1.29 is 19.2 Å². The third-order valence-electron chi connectivity index (χ3n) is 2.05. The minimum Gasteiger partial charge on any atom is -0.496 e. The Morgan fingerprint density at radius 2 is 2.12 bits per heavy atom. The summed E-state index contributed by atoms with van der Waals surface area (Å²) < 4.78 is 4.83. The topological polar surface area (TPSA) is 86.5 Å². The fourth-order valence-corrected chi connectivity index (χ4v) is 1.30. The van der Waals surface area contributed by atoms with E-state index >= 15 is 0 Å². The van der Waals surface area contributed by atoms with Crippen LogP contribution in [0.2, 0.25) is 0 Å². The second kappa shape index (κ2) is 4.52. The zero-order valence-corrected chi connectivity index (χ0v) is 8.72. The Morgan fingerprint density at radius 3 is 2.50 bits per heavy atom. The van der Waals surface area contributed by atoms with Gasteiger partial charge in [-0.3, -0.25) is 19.7 Å². The van der Waals surface area contributed by atoms with E-state index in [0.29, 0.717) is 6.29 Å². The summed E-state index contributed by atoms with van der Waals surface area (Å²) in [5.74, 6) is -0.404. The van der Waals surface area contributed by atoms with E-state index in [9.17, 15) is 19.7 Å². The molecule has 0 N–H and O–H groups in total. The number of carbonyl (C=O) groups is 2. The Hall–Kier alpha value is -2.24. The molecule has 1 aromatic rings. The Morgan fingerprint density at radius 1 is 1.50 bits per heavy atom. The molecule has 0 aliphatic carbocycles. The van der Waals surface area contributed by atoms with Gasteiger partial charge in [0.25, 0.3) is 5.69 Å². The van der Waals surface area contributed by atoms with Crippen molar-refractivity contribution in [1.82, 2.24) is 0 Å². The quantitative estimate of drug-likeness (QED) is 0.335. The van der Waals surface area contributed by atoms with E-state index in [4.69, 9.17) is 4.74 Å². The summed E-state index contributed by atoms with van der Waals surface area (Å²) in [5, 5.41) is 10.6. The maximum absolute atomic E-state index is 11.2. The van der Waals surface area contributed by atoms with Crippen molar-refractivity contribution in [1.29, 1.82) is 0 Å². The predicted molar refractivity (Wildman–Crippen MR) is 55.0 cm³/mol. The van der Waals surface area contributed by atoms with Gasteiger partial charge in [0.2, 0.25) is 0 Å². The minimum absolute atomic E-state index is 0.0129. The van der Waals surface area contributed by atoms with Gasteiger partial charge in [0.1, 0.15) is 5.75 Å². The summed E-state index contributed by atoms with van der Waals surface area (Å²) in [6.45, 7) is 1.23. The van der Waals surface area contributed by atoms with Gasteiger partial charge in [-0.1, -0.05) is 0 Å². The van der Waals surface area contributed by atoms with Gasteiger partial charge < -0.3 is 4.74 Å². The van der Waals surface area contributed by atoms with Crippen LogP contribution in [0.4, 0.5) is 5.69 Å². The molecule has 0 amide bonds. The molecule has 6 nitrogen and oxygen atoms in total. The van der Waals surface area contributed by atoms with Crippen LogP contribution in [0, 0.1) is 10.1 Å². The first kappa shape index (κ1) is 11.8. The third kappa shape index (κ3) is 2.05. The molecule has 6 heteroatoms.